The van der Waals surface area contributed by atoms with E-state index in [-0.39, 0.29) is 25.1 Å². The van der Waals surface area contributed by atoms with Crippen LogP contribution in [-0.2, 0) is 10.3 Å². The number of imide groups is 1. The molecule has 1 unspecified atom stereocenters. The lowest BCUT2D eigenvalue weighted by atomic mass is 9.85. The minimum absolute atomic E-state index is 0.205. The average Bonchev–Trinajstić information content (AvgIpc) is 2.89. The Morgan fingerprint density at radius 3 is 2.42 bits per heavy atom. The third-order valence-electron chi connectivity index (χ3n) is 4.73. The molecule has 1 aliphatic heterocycles. The Balaban J connectivity index is 1.74. The number of rotatable bonds is 7. The van der Waals surface area contributed by atoms with Crippen LogP contribution in [0.1, 0.15) is 30.9 Å². The van der Waals surface area contributed by atoms with Crippen LogP contribution < -0.4 is 10.1 Å². The fraction of sp³-hybridized carbons (Fsp3) is 0.333. The number of ether oxygens (including phenoxy) is 1. The van der Waals surface area contributed by atoms with Crippen molar-refractivity contribution in [3.63, 3.8) is 0 Å². The number of aryl methyl sites for hydroxylation is 1. The third-order valence-corrected chi connectivity index (χ3v) is 4.73. The van der Waals surface area contributed by atoms with Crippen molar-refractivity contribution in [3.05, 3.63) is 65.7 Å². The van der Waals surface area contributed by atoms with E-state index in [9.17, 15) is 9.59 Å². The van der Waals surface area contributed by atoms with Gasteiger partial charge in [0.15, 0.2) is 0 Å². The molecule has 1 saturated heterocycles. The summed E-state index contributed by atoms with van der Waals surface area (Å²) in [6.07, 6.45) is 1.35. The van der Waals surface area contributed by atoms with E-state index in [1.54, 1.807) is 0 Å². The van der Waals surface area contributed by atoms with E-state index in [1.165, 1.54) is 4.90 Å². The normalized spacial score (nSPS) is 19.5. The summed E-state index contributed by atoms with van der Waals surface area (Å²) in [5.41, 5.74) is 0.868. The Morgan fingerprint density at radius 2 is 1.73 bits per heavy atom. The van der Waals surface area contributed by atoms with Gasteiger partial charge in [-0.15, -0.1) is 0 Å². The number of para-hydroxylation sites is 1. The van der Waals surface area contributed by atoms with Crippen LogP contribution in [0.3, 0.4) is 0 Å². The highest BCUT2D eigenvalue weighted by molar-refractivity contribution is 6.07. The topological polar surface area (TPSA) is 58.6 Å². The molecule has 5 heteroatoms. The predicted octanol–water partition coefficient (Wildman–Crippen LogP) is 3.62. The first-order chi connectivity index (χ1) is 12.6. The quantitative estimate of drug-likeness (QED) is 0.774. The van der Waals surface area contributed by atoms with Crippen LogP contribution in [0.2, 0.25) is 0 Å². The molecule has 0 spiro atoms. The minimum atomic E-state index is -0.976. The molecule has 0 aliphatic carbocycles. The zero-order chi connectivity index (χ0) is 18.6. The number of benzene rings is 2. The van der Waals surface area contributed by atoms with E-state index in [1.807, 2.05) is 68.4 Å². The molecule has 2 aromatic rings. The largest absolute Gasteiger partial charge is 0.491 e. The number of urea groups is 1. The smallest absolute Gasteiger partial charge is 0.325 e. The second-order valence-corrected chi connectivity index (χ2v) is 6.52. The average molecular weight is 352 g/mol. The van der Waals surface area contributed by atoms with Gasteiger partial charge >= 0.3 is 6.03 Å². The second kappa shape index (κ2) is 7.60. The maximum atomic E-state index is 13.1. The maximum absolute atomic E-state index is 13.1. The van der Waals surface area contributed by atoms with Crippen LogP contribution in [0.4, 0.5) is 4.79 Å². The molecule has 26 heavy (non-hydrogen) atoms. The van der Waals surface area contributed by atoms with E-state index in [4.69, 9.17) is 4.74 Å². The minimum Gasteiger partial charge on any atom is -0.491 e. The number of amides is 3. The summed E-state index contributed by atoms with van der Waals surface area (Å²) in [5.74, 6) is 0.561. The van der Waals surface area contributed by atoms with Crippen molar-refractivity contribution in [1.29, 1.82) is 0 Å². The molecule has 5 nitrogen and oxygen atoms in total. The van der Waals surface area contributed by atoms with Gasteiger partial charge in [-0.25, -0.2) is 4.79 Å². The van der Waals surface area contributed by atoms with E-state index in [0.717, 1.165) is 23.3 Å². The van der Waals surface area contributed by atoms with E-state index < -0.39 is 5.54 Å². The Bertz CT molecular complexity index is 791. The highest BCUT2D eigenvalue weighted by atomic mass is 16.5. The van der Waals surface area contributed by atoms with Gasteiger partial charge < -0.3 is 10.1 Å². The molecule has 2 aromatic carbocycles. The van der Waals surface area contributed by atoms with Crippen molar-refractivity contribution in [3.8, 4) is 5.75 Å². The van der Waals surface area contributed by atoms with Gasteiger partial charge in [0.25, 0.3) is 5.91 Å². The summed E-state index contributed by atoms with van der Waals surface area (Å²) in [7, 11) is 0. The molecule has 3 rings (SSSR count). The monoisotopic (exact) mass is 352 g/mol. The van der Waals surface area contributed by atoms with Crippen molar-refractivity contribution >= 4 is 11.9 Å². The number of hydrogen-bond acceptors (Lipinski definition) is 3. The lowest BCUT2D eigenvalue weighted by molar-refractivity contribution is -0.132. The van der Waals surface area contributed by atoms with E-state index in [0.29, 0.717) is 6.42 Å². The second-order valence-electron chi connectivity index (χ2n) is 6.52. The Labute approximate surface area is 154 Å². The standard InChI is InChI=1S/C21H24N2O3/c1-3-13-21(17-10-5-4-6-11-17)19(24)23(20(25)22-21)14-15-26-18-12-8-7-9-16(18)2/h4-12H,3,13-15H2,1-2H3,(H,22,25). The SMILES string of the molecule is CCCC1(c2ccccc2)NC(=O)N(CCOc2ccccc2C)C1=O. The number of carbonyl (C=O) groups excluding carboxylic acids is 2. The summed E-state index contributed by atoms with van der Waals surface area (Å²) < 4.78 is 5.76. The van der Waals surface area contributed by atoms with Crippen molar-refractivity contribution in [2.75, 3.05) is 13.2 Å². The van der Waals surface area contributed by atoms with E-state index in [2.05, 4.69) is 5.32 Å². The fourth-order valence-corrected chi connectivity index (χ4v) is 3.40. The lowest BCUT2D eigenvalue weighted by Crippen LogP contribution is -2.44. The first-order valence-corrected chi connectivity index (χ1v) is 8.96. The molecule has 136 valence electrons. The van der Waals surface area contributed by atoms with Crippen molar-refractivity contribution in [2.24, 2.45) is 0 Å². The molecule has 1 heterocycles. The van der Waals surface area contributed by atoms with Crippen LogP contribution in [0.15, 0.2) is 54.6 Å². The number of nitrogens with zero attached hydrogens (tertiary/aromatic N) is 1. The lowest BCUT2D eigenvalue weighted by Gasteiger charge is -2.27. The van der Waals surface area contributed by atoms with Gasteiger partial charge in [-0.2, -0.15) is 0 Å². The van der Waals surface area contributed by atoms with Gasteiger partial charge in [0.1, 0.15) is 17.9 Å². The first kappa shape index (κ1) is 18.0. The van der Waals surface area contributed by atoms with Crippen molar-refractivity contribution < 1.29 is 14.3 Å². The Morgan fingerprint density at radius 1 is 1.04 bits per heavy atom. The zero-order valence-corrected chi connectivity index (χ0v) is 15.2. The van der Waals surface area contributed by atoms with Crippen molar-refractivity contribution in [1.82, 2.24) is 10.2 Å². The van der Waals surface area contributed by atoms with Crippen LogP contribution in [0, 0.1) is 6.92 Å². The highest BCUT2D eigenvalue weighted by Gasteiger charge is 2.51. The summed E-state index contributed by atoms with van der Waals surface area (Å²) in [6.45, 7) is 4.46. The third kappa shape index (κ3) is 3.29. The first-order valence-electron chi connectivity index (χ1n) is 8.96. The van der Waals surface area contributed by atoms with Crippen molar-refractivity contribution in [2.45, 2.75) is 32.2 Å². The van der Waals surface area contributed by atoms with E-state index >= 15 is 0 Å². The number of hydrogen-bond donors (Lipinski definition) is 1. The molecule has 0 bridgehead atoms. The molecule has 0 saturated carbocycles. The molecule has 1 fully saturated rings. The molecule has 3 amide bonds. The summed E-state index contributed by atoms with van der Waals surface area (Å²) in [4.78, 5) is 26.9. The van der Waals surface area contributed by atoms with Gasteiger partial charge in [0, 0.05) is 0 Å². The predicted molar refractivity (Wildman–Crippen MR) is 99.9 cm³/mol. The molecule has 1 N–H and O–H groups in total. The molecule has 1 aliphatic rings. The van der Waals surface area contributed by atoms with Gasteiger partial charge in [-0.1, -0.05) is 61.9 Å². The molecular formula is C21H24N2O3. The molecule has 0 radical (unpaired) electrons. The van der Waals surface area contributed by atoms with Gasteiger partial charge in [-0.05, 0) is 30.5 Å². The van der Waals surface area contributed by atoms with Gasteiger partial charge in [0.05, 0.1) is 6.54 Å². The van der Waals surface area contributed by atoms with Crippen LogP contribution in [-0.4, -0.2) is 30.0 Å². The van der Waals surface area contributed by atoms with Crippen LogP contribution >= 0.6 is 0 Å². The zero-order valence-electron chi connectivity index (χ0n) is 15.2. The van der Waals surface area contributed by atoms with Crippen LogP contribution in [0.25, 0.3) is 0 Å². The highest BCUT2D eigenvalue weighted by Crippen LogP contribution is 2.33. The number of nitrogens with one attached hydrogen (secondary N) is 1. The molecule has 0 aromatic heterocycles. The summed E-state index contributed by atoms with van der Waals surface area (Å²) in [5, 5.41) is 2.93. The van der Waals surface area contributed by atoms with Gasteiger partial charge in [0.2, 0.25) is 0 Å². The molecule has 1 atom stereocenters. The fourth-order valence-electron chi connectivity index (χ4n) is 3.40. The molecular weight excluding hydrogens is 328 g/mol. The van der Waals surface area contributed by atoms with Gasteiger partial charge in [-0.3, -0.25) is 9.69 Å². The summed E-state index contributed by atoms with van der Waals surface area (Å²) >= 11 is 0. The maximum Gasteiger partial charge on any atom is 0.325 e. The Hall–Kier alpha value is -2.82. The number of carbonyl (C=O) groups is 2. The Kier molecular flexibility index (Phi) is 5.26. The van der Waals surface area contributed by atoms with Crippen LogP contribution in [0.5, 0.6) is 5.75 Å². The summed E-state index contributed by atoms with van der Waals surface area (Å²) in [6, 6.07) is 16.8.